The summed E-state index contributed by atoms with van der Waals surface area (Å²) >= 11 is 5.92. The maximum Gasteiger partial charge on any atom is 0.156 e. The van der Waals surface area contributed by atoms with Crippen molar-refractivity contribution in [2.75, 3.05) is 13.1 Å². The molecule has 6 nitrogen and oxygen atoms in total. The first-order valence-electron chi connectivity index (χ1n) is 8.41. The predicted molar refractivity (Wildman–Crippen MR) is 95.7 cm³/mol. The molecular weight excluding hydrogens is 336 g/mol. The van der Waals surface area contributed by atoms with Crippen LogP contribution in [0.2, 0.25) is 5.02 Å². The van der Waals surface area contributed by atoms with Crippen LogP contribution in [0.5, 0.6) is 0 Å². The molecule has 25 heavy (non-hydrogen) atoms. The Morgan fingerprint density at radius 1 is 1.16 bits per heavy atom. The van der Waals surface area contributed by atoms with E-state index in [1.54, 1.807) is 24.9 Å². The zero-order valence-corrected chi connectivity index (χ0v) is 14.5. The van der Waals surface area contributed by atoms with E-state index in [1.807, 2.05) is 29.1 Å². The van der Waals surface area contributed by atoms with E-state index in [-0.39, 0.29) is 0 Å². The van der Waals surface area contributed by atoms with Crippen LogP contribution < -0.4 is 0 Å². The first-order chi connectivity index (χ1) is 12.3. The number of rotatable bonds is 4. The number of likely N-dealkylation sites (tertiary alicyclic amines) is 1. The fourth-order valence-corrected chi connectivity index (χ4v) is 3.37. The van der Waals surface area contributed by atoms with E-state index in [0.717, 1.165) is 49.7 Å². The summed E-state index contributed by atoms with van der Waals surface area (Å²) in [6.07, 6.45) is 13.0. The van der Waals surface area contributed by atoms with E-state index in [4.69, 9.17) is 16.6 Å². The second kappa shape index (κ2) is 7.29. The lowest BCUT2D eigenvalue weighted by atomic mass is 9.95. The molecule has 1 atom stereocenters. The molecule has 0 aromatic carbocycles. The molecule has 128 valence electrons. The lowest BCUT2D eigenvalue weighted by Crippen LogP contribution is -2.34. The zero-order chi connectivity index (χ0) is 17.1. The molecule has 4 heterocycles. The Kier molecular flexibility index (Phi) is 4.72. The number of hydrogen-bond acceptors (Lipinski definition) is 5. The van der Waals surface area contributed by atoms with Gasteiger partial charge in [-0.15, -0.1) is 0 Å². The molecule has 0 bridgehead atoms. The van der Waals surface area contributed by atoms with Crippen LogP contribution in [0.15, 0.2) is 49.4 Å². The molecule has 0 amide bonds. The summed E-state index contributed by atoms with van der Waals surface area (Å²) < 4.78 is 1.88. The van der Waals surface area contributed by atoms with Crippen molar-refractivity contribution < 1.29 is 0 Å². The summed E-state index contributed by atoms with van der Waals surface area (Å²) in [5, 5.41) is 0.673. The second-order valence-corrected chi connectivity index (χ2v) is 6.75. The van der Waals surface area contributed by atoms with Gasteiger partial charge in [0.2, 0.25) is 0 Å². The fourth-order valence-electron chi connectivity index (χ4n) is 3.26. The van der Waals surface area contributed by atoms with Crippen molar-refractivity contribution in [3.63, 3.8) is 0 Å². The number of nitrogens with zero attached hydrogens (tertiary/aromatic N) is 6. The smallest absolute Gasteiger partial charge is 0.156 e. The van der Waals surface area contributed by atoms with Gasteiger partial charge in [-0.3, -0.25) is 19.4 Å². The van der Waals surface area contributed by atoms with Crippen molar-refractivity contribution >= 4 is 11.6 Å². The van der Waals surface area contributed by atoms with Crippen molar-refractivity contribution in [2.24, 2.45) is 0 Å². The minimum absolute atomic E-state index is 0.386. The number of piperidine rings is 1. The molecule has 0 radical (unpaired) electrons. The third-order valence-electron chi connectivity index (χ3n) is 4.51. The van der Waals surface area contributed by atoms with Gasteiger partial charge in [0, 0.05) is 43.8 Å². The SMILES string of the molecule is Clc1ccc(CN2CCC[C@@H](c3cncc(-n4ccnc4)n3)C2)nc1. The molecule has 0 aliphatic carbocycles. The van der Waals surface area contributed by atoms with Gasteiger partial charge in [-0.05, 0) is 31.5 Å². The summed E-state index contributed by atoms with van der Waals surface area (Å²) in [6.45, 7) is 2.88. The van der Waals surface area contributed by atoms with Crippen LogP contribution in [-0.4, -0.2) is 42.5 Å². The van der Waals surface area contributed by atoms with Crippen LogP contribution in [0.25, 0.3) is 5.82 Å². The molecule has 4 rings (SSSR count). The average Bonchev–Trinajstić information content (AvgIpc) is 3.19. The van der Waals surface area contributed by atoms with E-state index in [1.165, 1.54) is 0 Å². The highest BCUT2D eigenvalue weighted by atomic mass is 35.5. The minimum Gasteiger partial charge on any atom is -0.297 e. The van der Waals surface area contributed by atoms with E-state index in [9.17, 15) is 0 Å². The van der Waals surface area contributed by atoms with Gasteiger partial charge < -0.3 is 0 Å². The maximum atomic E-state index is 5.92. The quantitative estimate of drug-likeness (QED) is 0.720. The van der Waals surface area contributed by atoms with Gasteiger partial charge in [0.15, 0.2) is 5.82 Å². The number of hydrogen-bond donors (Lipinski definition) is 0. The maximum absolute atomic E-state index is 5.92. The summed E-state index contributed by atoms with van der Waals surface area (Å²) in [6, 6.07) is 3.89. The van der Waals surface area contributed by atoms with Crippen LogP contribution >= 0.6 is 11.6 Å². The van der Waals surface area contributed by atoms with Crippen molar-refractivity contribution in [1.29, 1.82) is 0 Å². The molecule has 3 aromatic rings. The standard InChI is InChI=1S/C18H19ClN6/c19-15-3-4-16(22-8-15)12-24-6-1-2-14(11-24)17-9-21-10-18(23-17)25-7-5-20-13-25/h3-5,7-10,13-14H,1-2,6,11-12H2/t14-/m1/s1. The Morgan fingerprint density at radius 2 is 2.12 bits per heavy atom. The van der Waals surface area contributed by atoms with Crippen molar-refractivity contribution in [3.05, 3.63) is 65.9 Å². The van der Waals surface area contributed by atoms with E-state index in [2.05, 4.69) is 19.9 Å². The van der Waals surface area contributed by atoms with Gasteiger partial charge in [-0.2, -0.15) is 0 Å². The van der Waals surface area contributed by atoms with E-state index < -0.39 is 0 Å². The number of pyridine rings is 1. The third kappa shape index (κ3) is 3.86. The van der Waals surface area contributed by atoms with E-state index >= 15 is 0 Å². The first kappa shape index (κ1) is 16.2. The highest BCUT2D eigenvalue weighted by molar-refractivity contribution is 6.30. The normalized spacial score (nSPS) is 18.4. The highest BCUT2D eigenvalue weighted by Gasteiger charge is 2.23. The first-order valence-corrected chi connectivity index (χ1v) is 8.79. The zero-order valence-electron chi connectivity index (χ0n) is 13.8. The highest BCUT2D eigenvalue weighted by Crippen LogP contribution is 2.26. The monoisotopic (exact) mass is 354 g/mol. The summed E-state index contributed by atoms with van der Waals surface area (Å²) in [5.41, 5.74) is 2.09. The van der Waals surface area contributed by atoms with Gasteiger partial charge in [-0.1, -0.05) is 11.6 Å². The molecule has 0 N–H and O–H groups in total. The molecule has 0 unspecified atom stereocenters. The van der Waals surface area contributed by atoms with Gasteiger partial charge in [-0.25, -0.2) is 9.97 Å². The largest absolute Gasteiger partial charge is 0.297 e. The lowest BCUT2D eigenvalue weighted by molar-refractivity contribution is 0.196. The van der Waals surface area contributed by atoms with Gasteiger partial charge >= 0.3 is 0 Å². The number of aromatic nitrogens is 5. The summed E-state index contributed by atoms with van der Waals surface area (Å²) in [7, 11) is 0. The van der Waals surface area contributed by atoms with Crippen LogP contribution in [0, 0.1) is 0 Å². The Hall–Kier alpha value is -2.31. The lowest BCUT2D eigenvalue weighted by Gasteiger charge is -2.32. The van der Waals surface area contributed by atoms with Crippen molar-refractivity contribution in [1.82, 2.24) is 29.4 Å². The molecule has 0 spiro atoms. The molecule has 1 saturated heterocycles. The van der Waals surface area contributed by atoms with Crippen LogP contribution in [0.4, 0.5) is 0 Å². The molecule has 1 aliphatic rings. The average molecular weight is 355 g/mol. The fraction of sp³-hybridized carbons (Fsp3) is 0.333. The van der Waals surface area contributed by atoms with Gasteiger partial charge in [0.05, 0.1) is 22.6 Å². The predicted octanol–water partition coefficient (Wildman–Crippen LogP) is 3.09. The van der Waals surface area contributed by atoms with Crippen molar-refractivity contribution in [3.8, 4) is 5.82 Å². The van der Waals surface area contributed by atoms with Crippen LogP contribution in [-0.2, 0) is 6.54 Å². The Labute approximate surface area is 151 Å². The van der Waals surface area contributed by atoms with Crippen LogP contribution in [0.1, 0.15) is 30.1 Å². The molecule has 1 fully saturated rings. The molecular formula is C18H19ClN6. The third-order valence-corrected chi connectivity index (χ3v) is 4.73. The van der Waals surface area contributed by atoms with Crippen molar-refractivity contribution in [2.45, 2.75) is 25.3 Å². The molecule has 0 saturated carbocycles. The second-order valence-electron chi connectivity index (χ2n) is 6.31. The summed E-state index contributed by atoms with van der Waals surface area (Å²) in [4.78, 5) is 20.1. The topological polar surface area (TPSA) is 59.7 Å². The number of halogens is 1. The van der Waals surface area contributed by atoms with Gasteiger partial charge in [0.25, 0.3) is 0 Å². The summed E-state index contributed by atoms with van der Waals surface area (Å²) in [5.74, 6) is 1.20. The Morgan fingerprint density at radius 3 is 2.92 bits per heavy atom. The minimum atomic E-state index is 0.386. The number of imidazole rings is 1. The van der Waals surface area contributed by atoms with E-state index in [0.29, 0.717) is 10.9 Å². The molecule has 3 aromatic heterocycles. The van der Waals surface area contributed by atoms with Gasteiger partial charge in [0.1, 0.15) is 6.33 Å². The van der Waals surface area contributed by atoms with Crippen LogP contribution in [0.3, 0.4) is 0 Å². The molecule has 7 heteroatoms. The Balaban J connectivity index is 1.47. The Bertz CT molecular complexity index is 818. The molecule has 1 aliphatic heterocycles.